The number of carbonyl (C=O) groups excluding carboxylic acids is 1. The van der Waals surface area contributed by atoms with Gasteiger partial charge in [0.15, 0.2) is 5.82 Å². The molecule has 8 nitrogen and oxygen atoms in total. The van der Waals surface area contributed by atoms with Crippen LogP contribution in [0.25, 0.3) is 55.6 Å². The van der Waals surface area contributed by atoms with Gasteiger partial charge < -0.3 is 15.6 Å². The Labute approximate surface area is 268 Å². The van der Waals surface area contributed by atoms with E-state index in [-0.39, 0.29) is 5.91 Å². The zero-order valence-corrected chi connectivity index (χ0v) is 25.0. The Morgan fingerprint density at radius 1 is 0.696 bits per heavy atom. The van der Waals surface area contributed by atoms with Crippen molar-refractivity contribution < 1.29 is 4.79 Å². The summed E-state index contributed by atoms with van der Waals surface area (Å²) >= 11 is 6.28. The highest BCUT2D eigenvalue weighted by Crippen LogP contribution is 2.29. The first kappa shape index (κ1) is 27.4. The van der Waals surface area contributed by atoms with Crippen LogP contribution in [0.1, 0.15) is 10.4 Å². The monoisotopic (exact) mass is 617 g/mol. The van der Waals surface area contributed by atoms with Crippen molar-refractivity contribution in [3.63, 3.8) is 0 Å². The van der Waals surface area contributed by atoms with Gasteiger partial charge in [-0.2, -0.15) is 0 Å². The number of hydrogen-bond acceptors (Lipinski definition) is 6. The molecule has 0 fully saturated rings. The van der Waals surface area contributed by atoms with E-state index in [1.54, 1.807) is 18.3 Å². The molecule has 0 spiro atoms. The fourth-order valence-electron chi connectivity index (χ4n) is 5.41. The molecule has 46 heavy (non-hydrogen) atoms. The van der Waals surface area contributed by atoms with Gasteiger partial charge in [-0.15, -0.1) is 0 Å². The van der Waals surface area contributed by atoms with Crippen LogP contribution in [0.15, 0.2) is 128 Å². The third-order valence-electron chi connectivity index (χ3n) is 7.72. The highest BCUT2D eigenvalue weighted by Gasteiger charge is 2.13. The van der Waals surface area contributed by atoms with Crippen molar-refractivity contribution >= 4 is 67.5 Å². The van der Waals surface area contributed by atoms with Gasteiger partial charge in [-0.3, -0.25) is 9.78 Å². The molecular formula is C37H24ClN7O. The second-order valence-corrected chi connectivity index (χ2v) is 11.2. The summed E-state index contributed by atoms with van der Waals surface area (Å²) in [4.78, 5) is 35.3. The molecule has 220 valence electrons. The van der Waals surface area contributed by atoms with Crippen molar-refractivity contribution in [3.05, 3.63) is 138 Å². The molecule has 9 heteroatoms. The number of hydrogen-bond donors (Lipinski definition) is 3. The first-order valence-corrected chi connectivity index (χ1v) is 15.0. The third kappa shape index (κ3) is 5.27. The van der Waals surface area contributed by atoms with Crippen LogP contribution in [-0.2, 0) is 0 Å². The number of fused-ring (bicyclic) bond motifs is 3. The lowest BCUT2D eigenvalue weighted by molar-refractivity contribution is 0.102. The van der Waals surface area contributed by atoms with Crippen molar-refractivity contribution in [2.45, 2.75) is 0 Å². The molecule has 0 unspecified atom stereocenters. The smallest absolute Gasteiger partial charge is 0.255 e. The van der Waals surface area contributed by atoms with Gasteiger partial charge in [-0.25, -0.2) is 15.0 Å². The number of carbonyl (C=O) groups is 1. The number of imidazole rings is 1. The van der Waals surface area contributed by atoms with Crippen LogP contribution in [0.2, 0.25) is 5.02 Å². The number of halogens is 1. The summed E-state index contributed by atoms with van der Waals surface area (Å²) < 4.78 is 0. The maximum atomic E-state index is 13.2. The van der Waals surface area contributed by atoms with Gasteiger partial charge in [0.05, 0.1) is 27.1 Å². The third-order valence-corrected chi connectivity index (χ3v) is 8.02. The van der Waals surface area contributed by atoms with E-state index in [4.69, 9.17) is 26.6 Å². The van der Waals surface area contributed by atoms with Crippen LogP contribution in [0.3, 0.4) is 0 Å². The second kappa shape index (κ2) is 11.4. The SMILES string of the molecule is O=C(Nc1ccc2nc(-c3cnc4c(Cl)cccc4c3)[nH]c2c1)c1ccc(Nc2nc(-c3ccccc3)nc3ccccc23)cc1. The quantitative estimate of drug-likeness (QED) is 0.172. The number of benzene rings is 5. The Morgan fingerprint density at radius 2 is 1.50 bits per heavy atom. The average molecular weight is 618 g/mol. The number of nitrogens with zero attached hydrogens (tertiary/aromatic N) is 4. The molecule has 0 aliphatic rings. The molecule has 3 aromatic heterocycles. The summed E-state index contributed by atoms with van der Waals surface area (Å²) in [5.41, 5.74) is 6.92. The Balaban J connectivity index is 1.00. The minimum atomic E-state index is -0.222. The molecule has 0 atom stereocenters. The van der Waals surface area contributed by atoms with Crippen molar-refractivity contribution in [1.29, 1.82) is 0 Å². The second-order valence-electron chi connectivity index (χ2n) is 10.8. The minimum absolute atomic E-state index is 0.222. The van der Waals surface area contributed by atoms with E-state index in [2.05, 4.69) is 20.6 Å². The van der Waals surface area contributed by atoms with E-state index in [9.17, 15) is 4.79 Å². The van der Waals surface area contributed by atoms with Gasteiger partial charge >= 0.3 is 0 Å². The Hall–Kier alpha value is -6.12. The average Bonchev–Trinajstić information content (AvgIpc) is 3.52. The summed E-state index contributed by atoms with van der Waals surface area (Å²) in [6, 6.07) is 38.3. The zero-order valence-electron chi connectivity index (χ0n) is 24.2. The van der Waals surface area contributed by atoms with Gasteiger partial charge in [0, 0.05) is 45.0 Å². The highest BCUT2D eigenvalue weighted by atomic mass is 35.5. The summed E-state index contributed by atoms with van der Waals surface area (Å²) in [5, 5.41) is 8.86. The van der Waals surface area contributed by atoms with E-state index in [0.29, 0.717) is 33.7 Å². The van der Waals surface area contributed by atoms with Gasteiger partial charge in [-0.05, 0) is 66.7 Å². The maximum Gasteiger partial charge on any atom is 0.255 e. The number of para-hydroxylation sites is 2. The predicted octanol–water partition coefficient (Wildman–Crippen LogP) is 9.04. The molecule has 1 amide bonds. The van der Waals surface area contributed by atoms with Crippen LogP contribution in [0, 0.1) is 0 Å². The first-order valence-electron chi connectivity index (χ1n) is 14.6. The molecule has 8 aromatic rings. The van der Waals surface area contributed by atoms with E-state index in [1.807, 2.05) is 109 Å². The largest absolute Gasteiger partial charge is 0.340 e. The number of anilines is 3. The van der Waals surface area contributed by atoms with E-state index in [1.165, 1.54) is 0 Å². The zero-order chi connectivity index (χ0) is 31.0. The number of H-pyrrole nitrogens is 1. The molecule has 3 N–H and O–H groups in total. The lowest BCUT2D eigenvalue weighted by Gasteiger charge is -2.12. The fourth-order valence-corrected chi connectivity index (χ4v) is 5.64. The van der Waals surface area contributed by atoms with Gasteiger partial charge in [0.25, 0.3) is 5.91 Å². The number of pyridine rings is 1. The fraction of sp³-hybridized carbons (Fsp3) is 0. The molecule has 0 aliphatic carbocycles. The summed E-state index contributed by atoms with van der Waals surface area (Å²) in [5.74, 6) is 1.79. The van der Waals surface area contributed by atoms with Crippen LogP contribution in [0.4, 0.5) is 17.2 Å². The summed E-state index contributed by atoms with van der Waals surface area (Å²) in [6.45, 7) is 0. The van der Waals surface area contributed by atoms with Crippen LogP contribution in [-0.4, -0.2) is 30.8 Å². The molecule has 3 heterocycles. The lowest BCUT2D eigenvalue weighted by atomic mass is 10.1. The van der Waals surface area contributed by atoms with Crippen molar-refractivity contribution in [3.8, 4) is 22.8 Å². The Kier molecular flexibility index (Phi) is 6.81. The minimum Gasteiger partial charge on any atom is -0.340 e. The van der Waals surface area contributed by atoms with Crippen molar-refractivity contribution in [2.75, 3.05) is 10.6 Å². The van der Waals surface area contributed by atoms with E-state index in [0.717, 1.165) is 49.7 Å². The normalized spacial score (nSPS) is 11.2. The number of amides is 1. The van der Waals surface area contributed by atoms with Crippen molar-refractivity contribution in [1.82, 2.24) is 24.9 Å². The molecule has 0 saturated heterocycles. The van der Waals surface area contributed by atoms with Crippen LogP contribution < -0.4 is 10.6 Å². The van der Waals surface area contributed by atoms with Crippen molar-refractivity contribution in [2.24, 2.45) is 0 Å². The Bertz CT molecular complexity index is 2410. The predicted molar refractivity (Wildman–Crippen MR) is 184 cm³/mol. The van der Waals surface area contributed by atoms with Gasteiger partial charge in [0.1, 0.15) is 11.6 Å². The number of nitrogens with one attached hydrogen (secondary N) is 3. The number of aromatic nitrogens is 5. The van der Waals surface area contributed by atoms with E-state index < -0.39 is 0 Å². The maximum absolute atomic E-state index is 13.2. The molecule has 0 saturated carbocycles. The molecule has 0 radical (unpaired) electrons. The van der Waals surface area contributed by atoms with Gasteiger partial charge in [-0.1, -0.05) is 66.2 Å². The topological polar surface area (TPSA) is 108 Å². The van der Waals surface area contributed by atoms with Crippen LogP contribution >= 0.6 is 11.6 Å². The number of aromatic amines is 1. The first-order chi connectivity index (χ1) is 22.6. The lowest BCUT2D eigenvalue weighted by Crippen LogP contribution is -2.11. The summed E-state index contributed by atoms with van der Waals surface area (Å²) in [6.07, 6.45) is 1.75. The van der Waals surface area contributed by atoms with Gasteiger partial charge in [0.2, 0.25) is 0 Å². The van der Waals surface area contributed by atoms with Crippen LogP contribution in [0.5, 0.6) is 0 Å². The highest BCUT2D eigenvalue weighted by molar-refractivity contribution is 6.35. The molecule has 5 aromatic carbocycles. The molecular weight excluding hydrogens is 594 g/mol. The standard InChI is InChI=1S/C37H24ClN7O/c38-29-11-6-9-24-19-25(21-39-33(24)29)35-43-31-18-17-27(20-32(31)44-35)41-37(46)23-13-15-26(16-14-23)40-36-28-10-4-5-12-30(28)42-34(45-36)22-7-2-1-3-8-22/h1-21H,(H,41,46)(H,43,44)(H,40,42,45). The summed E-state index contributed by atoms with van der Waals surface area (Å²) in [7, 11) is 0. The molecule has 8 rings (SSSR count). The Morgan fingerprint density at radius 3 is 2.37 bits per heavy atom. The van der Waals surface area contributed by atoms with E-state index >= 15 is 0 Å². The molecule has 0 bridgehead atoms. The number of rotatable bonds is 6. The molecule has 0 aliphatic heterocycles.